The van der Waals surface area contributed by atoms with E-state index in [2.05, 4.69) is 42.7 Å². The number of ether oxygens (including phenoxy) is 2. The minimum Gasteiger partial charge on any atom is -0.382 e. The van der Waals surface area contributed by atoms with Crippen molar-refractivity contribution in [1.29, 1.82) is 0 Å². The van der Waals surface area contributed by atoms with Crippen LogP contribution >= 0.6 is 11.8 Å². The average molecular weight is 320 g/mol. The maximum Gasteiger partial charge on any atom is 0.191 e. The van der Waals surface area contributed by atoms with E-state index >= 15 is 0 Å². The SMILES string of the molecule is CCNC(=NCC(C)(C)SC)NCCCCOCCOC. The van der Waals surface area contributed by atoms with Gasteiger partial charge in [-0.1, -0.05) is 0 Å². The Kier molecular flexibility index (Phi) is 12.9. The van der Waals surface area contributed by atoms with Gasteiger partial charge in [0.2, 0.25) is 0 Å². The summed E-state index contributed by atoms with van der Waals surface area (Å²) in [7, 11) is 1.69. The van der Waals surface area contributed by atoms with Crippen LogP contribution in [-0.4, -0.2) is 63.5 Å². The molecule has 0 atom stereocenters. The third-order valence-corrected chi connectivity index (χ3v) is 4.19. The van der Waals surface area contributed by atoms with Gasteiger partial charge in [-0.15, -0.1) is 0 Å². The summed E-state index contributed by atoms with van der Waals surface area (Å²) >= 11 is 1.84. The predicted octanol–water partition coefficient (Wildman–Crippen LogP) is 2.13. The summed E-state index contributed by atoms with van der Waals surface area (Å²) in [6.45, 7) is 11.2. The van der Waals surface area contributed by atoms with Gasteiger partial charge >= 0.3 is 0 Å². The Morgan fingerprint density at radius 1 is 1.14 bits per heavy atom. The fraction of sp³-hybridized carbons (Fsp3) is 0.933. The lowest BCUT2D eigenvalue weighted by molar-refractivity contribution is 0.0689. The smallest absolute Gasteiger partial charge is 0.191 e. The summed E-state index contributed by atoms with van der Waals surface area (Å²) in [6, 6.07) is 0. The van der Waals surface area contributed by atoms with Crippen LogP contribution in [0.4, 0.5) is 0 Å². The quantitative estimate of drug-likeness (QED) is 0.328. The maximum absolute atomic E-state index is 5.43. The second-order valence-corrected chi connectivity index (χ2v) is 6.91. The first-order valence-corrected chi connectivity index (χ1v) is 8.92. The van der Waals surface area contributed by atoms with Gasteiger partial charge in [0, 0.05) is 31.6 Å². The Morgan fingerprint density at radius 2 is 1.90 bits per heavy atom. The number of nitrogens with zero attached hydrogens (tertiary/aromatic N) is 1. The number of rotatable bonds is 12. The number of unbranched alkanes of at least 4 members (excludes halogenated alkanes) is 1. The highest BCUT2D eigenvalue weighted by atomic mass is 32.2. The van der Waals surface area contributed by atoms with Crippen LogP contribution in [-0.2, 0) is 9.47 Å². The molecule has 0 fully saturated rings. The van der Waals surface area contributed by atoms with Crippen LogP contribution < -0.4 is 10.6 Å². The van der Waals surface area contributed by atoms with Crippen molar-refractivity contribution in [3.63, 3.8) is 0 Å². The molecule has 0 aromatic carbocycles. The molecule has 2 N–H and O–H groups in total. The Hall–Kier alpha value is -0.460. The van der Waals surface area contributed by atoms with E-state index in [-0.39, 0.29) is 4.75 Å². The van der Waals surface area contributed by atoms with Gasteiger partial charge in [0.05, 0.1) is 19.8 Å². The predicted molar refractivity (Wildman–Crippen MR) is 93.5 cm³/mol. The molecule has 0 aliphatic heterocycles. The number of hydrogen-bond donors (Lipinski definition) is 2. The largest absolute Gasteiger partial charge is 0.382 e. The lowest BCUT2D eigenvalue weighted by Crippen LogP contribution is -2.39. The summed E-state index contributed by atoms with van der Waals surface area (Å²) in [5.74, 6) is 0.903. The molecule has 0 heterocycles. The highest BCUT2D eigenvalue weighted by Gasteiger charge is 2.15. The van der Waals surface area contributed by atoms with Crippen LogP contribution in [0.5, 0.6) is 0 Å². The monoisotopic (exact) mass is 319 g/mol. The third-order valence-electron chi connectivity index (χ3n) is 2.95. The molecule has 0 saturated heterocycles. The zero-order chi connectivity index (χ0) is 16.0. The van der Waals surface area contributed by atoms with Crippen molar-refractivity contribution < 1.29 is 9.47 Å². The first kappa shape index (κ1) is 20.5. The van der Waals surface area contributed by atoms with Crippen molar-refractivity contribution in [2.45, 2.75) is 38.4 Å². The van der Waals surface area contributed by atoms with E-state index in [4.69, 9.17) is 9.47 Å². The molecule has 0 aliphatic carbocycles. The van der Waals surface area contributed by atoms with Crippen LogP contribution in [0.15, 0.2) is 4.99 Å². The number of hydrogen-bond acceptors (Lipinski definition) is 4. The molecular weight excluding hydrogens is 286 g/mol. The molecule has 6 heteroatoms. The van der Waals surface area contributed by atoms with Crippen LogP contribution in [0.1, 0.15) is 33.6 Å². The molecule has 0 spiro atoms. The number of thioether (sulfide) groups is 1. The Morgan fingerprint density at radius 3 is 2.52 bits per heavy atom. The molecule has 0 aromatic heterocycles. The van der Waals surface area contributed by atoms with Gasteiger partial charge in [0.15, 0.2) is 5.96 Å². The molecule has 0 unspecified atom stereocenters. The number of nitrogens with one attached hydrogen (secondary N) is 2. The second kappa shape index (κ2) is 13.2. The van der Waals surface area contributed by atoms with Crippen molar-refractivity contribution in [2.75, 3.05) is 52.8 Å². The van der Waals surface area contributed by atoms with Gasteiger partial charge in [-0.25, -0.2) is 0 Å². The van der Waals surface area contributed by atoms with E-state index in [9.17, 15) is 0 Å². The number of methoxy groups -OCH3 is 1. The van der Waals surface area contributed by atoms with E-state index in [1.807, 2.05) is 11.8 Å². The van der Waals surface area contributed by atoms with Gasteiger partial charge in [0.1, 0.15) is 0 Å². The zero-order valence-corrected chi connectivity index (χ0v) is 15.1. The summed E-state index contributed by atoms with van der Waals surface area (Å²) < 4.78 is 10.5. The highest BCUT2D eigenvalue weighted by molar-refractivity contribution is 7.99. The summed E-state index contributed by atoms with van der Waals surface area (Å²) in [4.78, 5) is 4.64. The normalized spacial score (nSPS) is 12.5. The van der Waals surface area contributed by atoms with Crippen LogP contribution in [0.3, 0.4) is 0 Å². The molecule has 0 bridgehead atoms. The van der Waals surface area contributed by atoms with Crippen molar-refractivity contribution in [3.05, 3.63) is 0 Å². The molecule has 0 saturated carbocycles. The summed E-state index contributed by atoms with van der Waals surface area (Å²) in [5.41, 5.74) is 0. The van der Waals surface area contributed by atoms with Gasteiger partial charge in [0.25, 0.3) is 0 Å². The standard InChI is InChI=1S/C15H33N3O2S/c1-6-16-14(18-13-15(2,3)21-5)17-9-7-8-10-20-12-11-19-4/h6-13H2,1-5H3,(H2,16,17,18). The minimum atomic E-state index is 0.178. The molecule has 5 nitrogen and oxygen atoms in total. The van der Waals surface area contributed by atoms with Crippen molar-refractivity contribution in [2.24, 2.45) is 4.99 Å². The fourth-order valence-corrected chi connectivity index (χ4v) is 1.65. The van der Waals surface area contributed by atoms with E-state index in [0.717, 1.165) is 45.0 Å². The van der Waals surface area contributed by atoms with E-state index in [1.165, 1.54) is 0 Å². The molecule has 0 aliphatic rings. The Bertz CT molecular complexity index is 274. The third kappa shape index (κ3) is 13.0. The number of aliphatic imine (C=N–C) groups is 1. The lowest BCUT2D eigenvalue weighted by Gasteiger charge is -2.20. The Balaban J connectivity index is 3.81. The summed E-state index contributed by atoms with van der Waals surface area (Å²) in [6.07, 6.45) is 4.25. The molecule has 0 amide bonds. The minimum absolute atomic E-state index is 0.178. The molecule has 0 aromatic rings. The van der Waals surface area contributed by atoms with Gasteiger partial charge in [-0.05, 0) is 39.9 Å². The van der Waals surface area contributed by atoms with E-state index in [1.54, 1.807) is 7.11 Å². The van der Waals surface area contributed by atoms with Gasteiger partial charge in [-0.3, -0.25) is 4.99 Å². The molecule has 126 valence electrons. The van der Waals surface area contributed by atoms with Gasteiger partial charge < -0.3 is 20.1 Å². The maximum atomic E-state index is 5.43. The van der Waals surface area contributed by atoms with Crippen molar-refractivity contribution >= 4 is 17.7 Å². The molecule has 0 radical (unpaired) electrons. The van der Waals surface area contributed by atoms with E-state index < -0.39 is 0 Å². The van der Waals surface area contributed by atoms with Crippen LogP contribution in [0.2, 0.25) is 0 Å². The van der Waals surface area contributed by atoms with E-state index in [0.29, 0.717) is 13.2 Å². The van der Waals surface area contributed by atoms with Crippen molar-refractivity contribution in [1.82, 2.24) is 10.6 Å². The van der Waals surface area contributed by atoms with Crippen LogP contribution in [0.25, 0.3) is 0 Å². The molecule has 21 heavy (non-hydrogen) atoms. The second-order valence-electron chi connectivity index (χ2n) is 5.40. The number of guanidine groups is 1. The highest BCUT2D eigenvalue weighted by Crippen LogP contribution is 2.20. The van der Waals surface area contributed by atoms with Crippen LogP contribution in [0, 0.1) is 0 Å². The first-order chi connectivity index (χ1) is 10.1. The lowest BCUT2D eigenvalue weighted by atomic mass is 10.2. The molecule has 0 rings (SSSR count). The topological polar surface area (TPSA) is 54.9 Å². The summed E-state index contributed by atoms with van der Waals surface area (Å²) in [5, 5.41) is 6.65. The molecular formula is C15H33N3O2S. The van der Waals surface area contributed by atoms with Gasteiger partial charge in [-0.2, -0.15) is 11.8 Å². The zero-order valence-electron chi connectivity index (χ0n) is 14.3. The Labute approximate surface area is 134 Å². The fourth-order valence-electron chi connectivity index (χ4n) is 1.46. The first-order valence-electron chi connectivity index (χ1n) is 7.69. The average Bonchev–Trinajstić information content (AvgIpc) is 2.47. The van der Waals surface area contributed by atoms with Crippen molar-refractivity contribution in [3.8, 4) is 0 Å².